The van der Waals surface area contributed by atoms with Gasteiger partial charge in [0.1, 0.15) is 5.69 Å². The average Bonchev–Trinajstić information content (AvgIpc) is 2.28. The van der Waals surface area contributed by atoms with E-state index < -0.39 is 0 Å². The third-order valence-corrected chi connectivity index (χ3v) is 1.90. The highest BCUT2D eigenvalue weighted by Gasteiger charge is 2.08. The molecule has 1 aromatic rings. The number of aromatic amines is 1. The molecule has 0 saturated heterocycles. The SMILES string of the molecule is Cc1n[nH]c(C)c1OSN(C)Cl. The normalized spacial score (nSPS) is 10.8. The zero-order valence-corrected chi connectivity index (χ0v) is 8.66. The summed E-state index contributed by atoms with van der Waals surface area (Å²) < 4.78 is 6.64. The van der Waals surface area contributed by atoms with Crippen LogP contribution in [0.2, 0.25) is 0 Å². The van der Waals surface area contributed by atoms with E-state index in [1.54, 1.807) is 7.05 Å². The Kier molecular flexibility index (Phi) is 3.25. The van der Waals surface area contributed by atoms with Gasteiger partial charge < -0.3 is 4.18 Å². The molecule has 1 heterocycles. The van der Waals surface area contributed by atoms with E-state index in [2.05, 4.69) is 10.2 Å². The van der Waals surface area contributed by atoms with Gasteiger partial charge in [-0.3, -0.25) is 5.10 Å². The largest absolute Gasteiger partial charge is 0.405 e. The summed E-state index contributed by atoms with van der Waals surface area (Å²) >= 11 is 6.60. The number of aryl methyl sites for hydroxylation is 2. The van der Waals surface area contributed by atoms with Crippen molar-refractivity contribution in [1.82, 2.24) is 14.0 Å². The fourth-order valence-electron chi connectivity index (χ4n) is 0.752. The summed E-state index contributed by atoms with van der Waals surface area (Å²) in [6, 6.07) is 0. The Morgan fingerprint density at radius 2 is 2.25 bits per heavy atom. The van der Waals surface area contributed by atoms with E-state index in [0.717, 1.165) is 29.4 Å². The molecule has 68 valence electrons. The van der Waals surface area contributed by atoms with Crippen LogP contribution in [0, 0.1) is 13.8 Å². The summed E-state index contributed by atoms with van der Waals surface area (Å²) in [5.41, 5.74) is 1.73. The van der Waals surface area contributed by atoms with Crippen LogP contribution in [-0.4, -0.2) is 21.1 Å². The second-order valence-electron chi connectivity index (χ2n) is 2.34. The molecular formula is C6H10ClN3OS. The van der Waals surface area contributed by atoms with Gasteiger partial charge in [-0.25, -0.2) is 0 Å². The fraction of sp³-hybridized carbons (Fsp3) is 0.500. The van der Waals surface area contributed by atoms with Crippen molar-refractivity contribution < 1.29 is 4.18 Å². The molecule has 0 saturated carbocycles. The standard InChI is InChI=1S/C6H10ClN3OS/c1-4-6(5(2)9-8-4)11-12-10(3)7/h1-3H3,(H,8,9). The van der Waals surface area contributed by atoms with Crippen molar-refractivity contribution >= 4 is 24.0 Å². The number of halogens is 1. The molecule has 1 rings (SSSR count). The van der Waals surface area contributed by atoms with E-state index in [1.165, 1.54) is 3.82 Å². The quantitative estimate of drug-likeness (QED) is 0.468. The lowest BCUT2D eigenvalue weighted by Gasteiger charge is -2.05. The summed E-state index contributed by atoms with van der Waals surface area (Å²) in [5, 5.41) is 6.78. The van der Waals surface area contributed by atoms with Crippen molar-refractivity contribution in [2.75, 3.05) is 7.05 Å². The summed E-state index contributed by atoms with van der Waals surface area (Å²) in [7, 11) is 1.69. The Labute approximate surface area is 80.7 Å². The minimum absolute atomic E-state index is 0.743. The highest BCUT2D eigenvalue weighted by Crippen LogP contribution is 2.25. The van der Waals surface area contributed by atoms with Crippen molar-refractivity contribution in [3.05, 3.63) is 11.4 Å². The second-order valence-corrected chi connectivity index (χ2v) is 3.91. The number of aromatic nitrogens is 2. The van der Waals surface area contributed by atoms with E-state index >= 15 is 0 Å². The van der Waals surface area contributed by atoms with Crippen LogP contribution in [0.3, 0.4) is 0 Å². The van der Waals surface area contributed by atoms with Crippen molar-refractivity contribution in [3.63, 3.8) is 0 Å². The molecule has 0 aliphatic carbocycles. The van der Waals surface area contributed by atoms with Gasteiger partial charge in [-0.05, 0) is 25.6 Å². The lowest BCUT2D eigenvalue weighted by atomic mass is 10.4. The Hall–Kier alpha value is -0.390. The first-order chi connectivity index (χ1) is 5.61. The van der Waals surface area contributed by atoms with Crippen LogP contribution >= 0.6 is 24.0 Å². The number of hydrogen-bond acceptors (Lipinski definition) is 4. The molecular weight excluding hydrogens is 198 g/mol. The monoisotopic (exact) mass is 207 g/mol. The molecule has 0 aliphatic heterocycles. The second kappa shape index (κ2) is 4.02. The number of rotatable bonds is 3. The van der Waals surface area contributed by atoms with Gasteiger partial charge in [0.05, 0.1) is 5.69 Å². The van der Waals surface area contributed by atoms with Crippen LogP contribution in [-0.2, 0) is 0 Å². The molecule has 12 heavy (non-hydrogen) atoms. The average molecular weight is 208 g/mol. The number of hydrogen-bond donors (Lipinski definition) is 1. The summed E-state index contributed by atoms with van der Waals surface area (Å²) in [5.74, 6) is 0.743. The van der Waals surface area contributed by atoms with E-state index in [-0.39, 0.29) is 0 Å². The summed E-state index contributed by atoms with van der Waals surface area (Å²) in [6.45, 7) is 3.76. The van der Waals surface area contributed by atoms with E-state index in [0.29, 0.717) is 0 Å². The van der Waals surface area contributed by atoms with Crippen LogP contribution < -0.4 is 4.18 Å². The summed E-state index contributed by atoms with van der Waals surface area (Å²) in [4.78, 5) is 0. The maximum Gasteiger partial charge on any atom is 0.182 e. The van der Waals surface area contributed by atoms with Crippen molar-refractivity contribution in [2.45, 2.75) is 13.8 Å². The minimum atomic E-state index is 0.743. The molecule has 0 amide bonds. The molecule has 0 bridgehead atoms. The molecule has 0 unspecified atom stereocenters. The van der Waals surface area contributed by atoms with Gasteiger partial charge in [-0.15, -0.1) is 3.82 Å². The predicted molar refractivity (Wildman–Crippen MR) is 49.9 cm³/mol. The van der Waals surface area contributed by atoms with Gasteiger partial charge >= 0.3 is 0 Å². The first kappa shape index (κ1) is 9.70. The highest BCUT2D eigenvalue weighted by atomic mass is 35.5. The Balaban J connectivity index is 2.62. The first-order valence-corrected chi connectivity index (χ1v) is 4.40. The zero-order valence-electron chi connectivity index (χ0n) is 7.09. The molecule has 4 nitrogen and oxygen atoms in total. The van der Waals surface area contributed by atoms with E-state index in [9.17, 15) is 0 Å². The molecule has 1 N–H and O–H groups in total. The van der Waals surface area contributed by atoms with Gasteiger partial charge in [0.15, 0.2) is 18.0 Å². The molecule has 0 aromatic carbocycles. The smallest absolute Gasteiger partial charge is 0.182 e. The van der Waals surface area contributed by atoms with E-state index in [1.807, 2.05) is 13.8 Å². The minimum Gasteiger partial charge on any atom is -0.405 e. The predicted octanol–water partition coefficient (Wildman–Crippen LogP) is 2.05. The number of H-pyrrole nitrogens is 1. The van der Waals surface area contributed by atoms with Crippen LogP contribution in [0.4, 0.5) is 0 Å². The molecule has 0 radical (unpaired) electrons. The van der Waals surface area contributed by atoms with Crippen LogP contribution in [0.15, 0.2) is 0 Å². The van der Waals surface area contributed by atoms with Crippen molar-refractivity contribution in [1.29, 1.82) is 0 Å². The van der Waals surface area contributed by atoms with E-state index in [4.69, 9.17) is 16.0 Å². The van der Waals surface area contributed by atoms with Crippen molar-refractivity contribution in [2.24, 2.45) is 0 Å². The Morgan fingerprint density at radius 1 is 1.58 bits per heavy atom. The van der Waals surface area contributed by atoms with Gasteiger partial charge in [-0.2, -0.15) is 5.10 Å². The van der Waals surface area contributed by atoms with Gasteiger partial charge in [0.2, 0.25) is 0 Å². The topological polar surface area (TPSA) is 41.1 Å². The maximum absolute atomic E-state index is 5.54. The van der Waals surface area contributed by atoms with Crippen LogP contribution in [0.1, 0.15) is 11.4 Å². The van der Waals surface area contributed by atoms with Crippen molar-refractivity contribution in [3.8, 4) is 5.75 Å². The maximum atomic E-state index is 5.54. The number of nitrogens with one attached hydrogen (secondary N) is 1. The van der Waals surface area contributed by atoms with Gasteiger partial charge in [0, 0.05) is 7.05 Å². The number of nitrogens with zero attached hydrogens (tertiary/aromatic N) is 2. The third-order valence-electron chi connectivity index (χ3n) is 1.28. The zero-order chi connectivity index (χ0) is 9.14. The third kappa shape index (κ3) is 2.30. The molecule has 0 fully saturated rings. The van der Waals surface area contributed by atoms with Gasteiger partial charge in [-0.1, -0.05) is 0 Å². The lowest BCUT2D eigenvalue weighted by Crippen LogP contribution is -1.95. The molecule has 6 heteroatoms. The molecule has 1 aromatic heterocycles. The van der Waals surface area contributed by atoms with Gasteiger partial charge in [0.25, 0.3) is 0 Å². The van der Waals surface area contributed by atoms with Crippen LogP contribution in [0.5, 0.6) is 5.75 Å². The van der Waals surface area contributed by atoms with Crippen LogP contribution in [0.25, 0.3) is 0 Å². The fourth-order valence-corrected chi connectivity index (χ4v) is 1.26. The highest BCUT2D eigenvalue weighted by molar-refractivity contribution is 7.93. The molecule has 0 aliphatic rings. The Bertz CT molecular complexity index is 244. The molecule has 0 atom stereocenters. The first-order valence-electron chi connectivity index (χ1n) is 3.37. The Morgan fingerprint density at radius 3 is 2.67 bits per heavy atom. The molecule has 0 spiro atoms. The lowest BCUT2D eigenvalue weighted by molar-refractivity contribution is 0.608. The summed E-state index contributed by atoms with van der Waals surface area (Å²) in [6.07, 6.45) is 0.